The van der Waals surface area contributed by atoms with Crippen molar-refractivity contribution in [2.45, 2.75) is 51.6 Å². The van der Waals surface area contributed by atoms with Gasteiger partial charge in [0.25, 0.3) is 0 Å². The van der Waals surface area contributed by atoms with E-state index in [-0.39, 0.29) is 12.0 Å². The van der Waals surface area contributed by atoms with Gasteiger partial charge in [-0.3, -0.25) is 14.3 Å². The minimum atomic E-state index is -0.609. The van der Waals surface area contributed by atoms with Crippen LogP contribution in [0, 0.1) is 0 Å². The van der Waals surface area contributed by atoms with Gasteiger partial charge in [0, 0.05) is 41.4 Å². The highest BCUT2D eigenvalue weighted by Gasteiger charge is 2.34. The van der Waals surface area contributed by atoms with Gasteiger partial charge in [-0.15, -0.1) is 0 Å². The summed E-state index contributed by atoms with van der Waals surface area (Å²) >= 11 is 0. The molecule has 1 unspecified atom stereocenters. The standard InChI is InChI=1S/C15H30N2O3S/c1-13(2)16-15(3,14(18)20-4)7-5-6-8-17-9-11-21(19)12-10-17/h13,16H,5-12H2,1-4H3. The molecule has 0 amide bonds. The van der Waals surface area contributed by atoms with Gasteiger partial charge in [0.05, 0.1) is 7.11 Å². The van der Waals surface area contributed by atoms with E-state index >= 15 is 0 Å². The molecule has 5 nitrogen and oxygen atoms in total. The number of nitrogens with one attached hydrogen (secondary N) is 1. The minimum Gasteiger partial charge on any atom is -0.468 e. The van der Waals surface area contributed by atoms with E-state index < -0.39 is 16.3 Å². The molecular weight excluding hydrogens is 288 g/mol. The fourth-order valence-corrected chi connectivity index (χ4v) is 3.94. The molecule has 1 saturated heterocycles. The number of rotatable bonds is 8. The van der Waals surface area contributed by atoms with Crippen molar-refractivity contribution in [1.82, 2.24) is 10.2 Å². The van der Waals surface area contributed by atoms with Gasteiger partial charge >= 0.3 is 5.97 Å². The Labute approximate surface area is 131 Å². The van der Waals surface area contributed by atoms with E-state index in [0.29, 0.717) is 0 Å². The van der Waals surface area contributed by atoms with Gasteiger partial charge in [-0.1, -0.05) is 0 Å². The van der Waals surface area contributed by atoms with Crippen LogP contribution in [0.25, 0.3) is 0 Å². The van der Waals surface area contributed by atoms with E-state index in [1.807, 2.05) is 20.8 Å². The van der Waals surface area contributed by atoms with Gasteiger partial charge < -0.3 is 9.64 Å². The molecule has 1 rings (SSSR count). The maximum absolute atomic E-state index is 12.0. The number of methoxy groups -OCH3 is 1. The molecule has 1 atom stereocenters. The molecule has 21 heavy (non-hydrogen) atoms. The summed E-state index contributed by atoms with van der Waals surface area (Å²) in [5, 5.41) is 3.32. The summed E-state index contributed by atoms with van der Waals surface area (Å²) in [6.07, 6.45) is 2.81. The number of unbranched alkanes of at least 4 members (excludes halogenated alkanes) is 1. The predicted molar refractivity (Wildman–Crippen MR) is 86.9 cm³/mol. The van der Waals surface area contributed by atoms with Gasteiger partial charge in [-0.25, -0.2) is 0 Å². The Balaban J connectivity index is 2.33. The SMILES string of the molecule is COC(=O)C(C)(CCCCN1CCS(=O)CC1)NC(C)C. The van der Waals surface area contributed by atoms with Crippen LogP contribution in [0.3, 0.4) is 0 Å². The Morgan fingerprint density at radius 2 is 1.95 bits per heavy atom. The molecule has 1 aliphatic rings. The number of hydrogen-bond donors (Lipinski definition) is 1. The zero-order chi connectivity index (χ0) is 15.9. The van der Waals surface area contributed by atoms with Gasteiger partial charge in [-0.2, -0.15) is 0 Å². The highest BCUT2D eigenvalue weighted by Crippen LogP contribution is 2.17. The van der Waals surface area contributed by atoms with Crippen molar-refractivity contribution in [3.63, 3.8) is 0 Å². The highest BCUT2D eigenvalue weighted by molar-refractivity contribution is 7.85. The summed E-state index contributed by atoms with van der Waals surface area (Å²) in [6, 6.07) is 0.242. The minimum absolute atomic E-state index is 0.190. The molecule has 1 N–H and O–H groups in total. The second kappa shape index (κ2) is 8.86. The second-order valence-electron chi connectivity index (χ2n) is 6.27. The number of carbonyl (C=O) groups is 1. The molecule has 6 heteroatoms. The van der Waals surface area contributed by atoms with E-state index in [1.54, 1.807) is 0 Å². The van der Waals surface area contributed by atoms with Gasteiger partial charge in [0.15, 0.2) is 0 Å². The fourth-order valence-electron chi connectivity index (χ4n) is 2.81. The van der Waals surface area contributed by atoms with Crippen molar-refractivity contribution >= 4 is 16.8 Å². The quantitative estimate of drug-likeness (QED) is 0.537. The Morgan fingerprint density at radius 3 is 2.48 bits per heavy atom. The Hall–Kier alpha value is -0.460. The maximum Gasteiger partial charge on any atom is 0.325 e. The average Bonchev–Trinajstić information content (AvgIpc) is 2.44. The van der Waals surface area contributed by atoms with Crippen molar-refractivity contribution in [3.8, 4) is 0 Å². The van der Waals surface area contributed by atoms with Crippen LogP contribution in [0.1, 0.15) is 40.0 Å². The van der Waals surface area contributed by atoms with E-state index in [4.69, 9.17) is 4.74 Å². The van der Waals surface area contributed by atoms with Crippen LogP contribution in [-0.2, 0) is 20.3 Å². The smallest absolute Gasteiger partial charge is 0.325 e. The van der Waals surface area contributed by atoms with Gasteiger partial charge in [0.1, 0.15) is 5.54 Å². The number of esters is 1. The van der Waals surface area contributed by atoms with Gasteiger partial charge in [0.2, 0.25) is 0 Å². The van der Waals surface area contributed by atoms with Crippen molar-refractivity contribution in [3.05, 3.63) is 0 Å². The molecule has 1 aliphatic heterocycles. The van der Waals surface area contributed by atoms with E-state index in [1.165, 1.54) is 7.11 Å². The van der Waals surface area contributed by atoms with Crippen molar-refractivity contribution in [2.75, 3.05) is 38.2 Å². The van der Waals surface area contributed by atoms with E-state index in [0.717, 1.165) is 50.4 Å². The van der Waals surface area contributed by atoms with Crippen LogP contribution in [0.2, 0.25) is 0 Å². The molecule has 0 aliphatic carbocycles. The molecule has 124 valence electrons. The summed E-state index contributed by atoms with van der Waals surface area (Å²) < 4.78 is 16.2. The maximum atomic E-state index is 12.0. The van der Waals surface area contributed by atoms with Crippen LogP contribution in [0.4, 0.5) is 0 Å². The second-order valence-corrected chi connectivity index (χ2v) is 7.97. The first-order valence-electron chi connectivity index (χ1n) is 7.81. The van der Waals surface area contributed by atoms with E-state index in [9.17, 15) is 9.00 Å². The lowest BCUT2D eigenvalue weighted by Crippen LogP contribution is -2.53. The molecule has 0 saturated carbocycles. The summed E-state index contributed by atoms with van der Waals surface area (Å²) in [6.45, 7) is 8.89. The highest BCUT2D eigenvalue weighted by atomic mass is 32.2. The first-order chi connectivity index (χ1) is 9.87. The van der Waals surface area contributed by atoms with Crippen LogP contribution >= 0.6 is 0 Å². The first-order valence-corrected chi connectivity index (χ1v) is 9.29. The number of ether oxygens (including phenoxy) is 1. The number of nitrogens with zero attached hydrogens (tertiary/aromatic N) is 1. The summed E-state index contributed by atoms with van der Waals surface area (Å²) in [4.78, 5) is 14.3. The fraction of sp³-hybridized carbons (Fsp3) is 0.933. The lowest BCUT2D eigenvalue weighted by Gasteiger charge is -2.31. The molecule has 1 heterocycles. The molecule has 1 fully saturated rings. The molecule has 0 radical (unpaired) electrons. The average molecular weight is 318 g/mol. The molecule has 0 aromatic carbocycles. The largest absolute Gasteiger partial charge is 0.468 e. The zero-order valence-corrected chi connectivity index (χ0v) is 14.6. The third-order valence-corrected chi connectivity index (χ3v) is 5.19. The summed E-state index contributed by atoms with van der Waals surface area (Å²) in [7, 11) is 0.832. The topological polar surface area (TPSA) is 58.6 Å². The van der Waals surface area contributed by atoms with Crippen LogP contribution in [-0.4, -0.2) is 64.9 Å². The van der Waals surface area contributed by atoms with Crippen molar-refractivity contribution < 1.29 is 13.7 Å². The Bertz CT molecular complexity index is 353. The van der Waals surface area contributed by atoms with Crippen LogP contribution in [0.15, 0.2) is 0 Å². The van der Waals surface area contributed by atoms with Crippen molar-refractivity contribution in [2.24, 2.45) is 0 Å². The molecule has 0 spiro atoms. The molecule has 0 aromatic rings. The number of carbonyl (C=O) groups excluding carboxylic acids is 1. The van der Waals surface area contributed by atoms with E-state index in [2.05, 4.69) is 10.2 Å². The first kappa shape index (κ1) is 18.6. The number of hydrogen-bond acceptors (Lipinski definition) is 5. The van der Waals surface area contributed by atoms with Gasteiger partial charge in [-0.05, 0) is 46.6 Å². The molecule has 0 aromatic heterocycles. The molecular formula is C15H30N2O3S. The normalized spacial score (nSPS) is 20.4. The Morgan fingerprint density at radius 1 is 1.33 bits per heavy atom. The van der Waals surface area contributed by atoms with Crippen LogP contribution < -0.4 is 5.32 Å². The van der Waals surface area contributed by atoms with Crippen LogP contribution in [0.5, 0.6) is 0 Å². The third-order valence-electron chi connectivity index (χ3n) is 3.91. The molecule has 0 bridgehead atoms. The third kappa shape index (κ3) is 6.45. The van der Waals surface area contributed by atoms with Crippen molar-refractivity contribution in [1.29, 1.82) is 0 Å². The monoisotopic (exact) mass is 318 g/mol. The lowest BCUT2D eigenvalue weighted by atomic mass is 9.93. The Kier molecular flexibility index (Phi) is 7.84. The summed E-state index contributed by atoms with van der Waals surface area (Å²) in [5.74, 6) is 1.41. The lowest BCUT2D eigenvalue weighted by molar-refractivity contribution is -0.148. The predicted octanol–water partition coefficient (Wildman–Crippen LogP) is 1.15. The summed E-state index contributed by atoms with van der Waals surface area (Å²) in [5.41, 5.74) is -0.605. The zero-order valence-electron chi connectivity index (χ0n) is 13.8.